The summed E-state index contributed by atoms with van der Waals surface area (Å²) in [5, 5.41) is 6.70. The monoisotopic (exact) mass is 435 g/mol. The number of amides is 2. The van der Waals surface area contributed by atoms with Gasteiger partial charge in [-0.05, 0) is 48.6 Å². The summed E-state index contributed by atoms with van der Waals surface area (Å²) < 4.78 is 2.20. The Hall–Kier alpha value is -3.47. The van der Waals surface area contributed by atoms with Gasteiger partial charge in [0.05, 0.1) is 18.1 Å². The molecule has 2 amide bonds. The van der Waals surface area contributed by atoms with Gasteiger partial charge in [0.15, 0.2) is 0 Å². The lowest BCUT2D eigenvalue weighted by Gasteiger charge is -2.37. The van der Waals surface area contributed by atoms with Gasteiger partial charge in [-0.3, -0.25) is 9.59 Å². The Morgan fingerprint density at radius 3 is 2.30 bits per heavy atom. The quantitative estimate of drug-likeness (QED) is 0.347. The van der Waals surface area contributed by atoms with E-state index >= 15 is 0 Å². The van der Waals surface area contributed by atoms with Crippen LogP contribution in [0.2, 0.25) is 0 Å². The Kier molecular flexibility index (Phi) is 3.90. The number of aryl methyl sites for hydroxylation is 1. The third-order valence-electron chi connectivity index (χ3n) is 8.24. The molecule has 0 radical (unpaired) electrons. The van der Waals surface area contributed by atoms with Crippen LogP contribution in [0, 0.1) is 42.4 Å². The highest BCUT2D eigenvalue weighted by Crippen LogP contribution is 2.65. The van der Waals surface area contributed by atoms with Gasteiger partial charge in [-0.1, -0.05) is 60.2 Å². The van der Waals surface area contributed by atoms with Crippen LogP contribution in [0.5, 0.6) is 0 Å². The van der Waals surface area contributed by atoms with Crippen LogP contribution in [0.25, 0.3) is 10.9 Å². The lowest BCUT2D eigenvalue weighted by molar-refractivity contribution is -0.140. The van der Waals surface area contributed by atoms with E-state index in [1.807, 2.05) is 12.1 Å². The normalized spacial score (nSPS) is 31.6. The number of carbonyl (C=O) groups is 2. The van der Waals surface area contributed by atoms with Crippen LogP contribution in [0.15, 0.2) is 72.0 Å². The zero-order chi connectivity index (χ0) is 22.3. The molecule has 2 aromatic carbocycles. The smallest absolute Gasteiger partial charge is 0.254 e. The number of fused-ring (bicyclic) bond motifs is 1. The number of hydrogen-bond donors (Lipinski definition) is 0. The van der Waals surface area contributed by atoms with Crippen molar-refractivity contribution in [3.63, 3.8) is 0 Å². The fraction of sp³-hybridized carbons (Fsp3) is 0.321. The third kappa shape index (κ3) is 2.74. The number of rotatable bonds is 4. The van der Waals surface area contributed by atoms with Crippen molar-refractivity contribution >= 4 is 28.9 Å². The van der Waals surface area contributed by atoms with E-state index in [-0.39, 0.29) is 35.5 Å². The molecule has 33 heavy (non-hydrogen) atoms. The average Bonchev–Trinajstić information content (AvgIpc) is 3.54. The number of nitrogens with zero attached hydrogens (tertiary/aromatic N) is 3. The molecule has 2 heterocycles. The van der Waals surface area contributed by atoms with Gasteiger partial charge in [-0.2, -0.15) is 10.1 Å². The summed E-state index contributed by atoms with van der Waals surface area (Å²) in [7, 11) is 0. The highest BCUT2D eigenvalue weighted by Gasteiger charge is 2.67. The Morgan fingerprint density at radius 2 is 1.61 bits per heavy atom. The van der Waals surface area contributed by atoms with Crippen molar-refractivity contribution in [3.8, 4) is 0 Å². The van der Waals surface area contributed by atoms with Crippen molar-refractivity contribution in [3.05, 3.63) is 83.6 Å². The minimum atomic E-state index is -0.212. The lowest BCUT2D eigenvalue weighted by Crippen LogP contribution is -2.40. The maximum Gasteiger partial charge on any atom is 0.254 e. The number of allylic oxidation sites excluding steroid dienone is 2. The summed E-state index contributed by atoms with van der Waals surface area (Å²) in [5.41, 5.74) is 4.48. The summed E-state index contributed by atoms with van der Waals surface area (Å²) in [5.74, 6) is 0.982. The number of hydrogen-bond acceptors (Lipinski definition) is 3. The topological polar surface area (TPSA) is 54.7 Å². The lowest BCUT2D eigenvalue weighted by atomic mass is 9.63. The number of imide groups is 1. The van der Waals surface area contributed by atoms with E-state index in [0.29, 0.717) is 11.8 Å². The minimum absolute atomic E-state index is 0.116. The zero-order valence-corrected chi connectivity index (χ0v) is 18.5. The average molecular weight is 436 g/mol. The SMILES string of the molecule is Cc1ccc(Cn2cc(/C=N\N3C(=O)[C@@H]4[C@H]5C=C[C@@H]([C@@H]6C[C@H]56)[C@H]4C3=O)c3ccccc32)cc1. The molecule has 5 aliphatic rings. The van der Waals surface area contributed by atoms with Gasteiger partial charge in [-0.25, -0.2) is 0 Å². The van der Waals surface area contributed by atoms with Gasteiger partial charge in [0.25, 0.3) is 11.8 Å². The molecule has 8 rings (SSSR count). The van der Waals surface area contributed by atoms with Crippen LogP contribution in [0.4, 0.5) is 0 Å². The van der Waals surface area contributed by atoms with Crippen molar-refractivity contribution in [1.82, 2.24) is 9.58 Å². The fourth-order valence-corrected chi connectivity index (χ4v) is 6.57. The summed E-state index contributed by atoms with van der Waals surface area (Å²) >= 11 is 0. The van der Waals surface area contributed by atoms with Crippen molar-refractivity contribution in [2.45, 2.75) is 19.9 Å². The van der Waals surface area contributed by atoms with Gasteiger partial charge in [0.1, 0.15) is 0 Å². The number of carbonyl (C=O) groups excluding carboxylic acids is 2. The molecule has 2 saturated carbocycles. The van der Waals surface area contributed by atoms with E-state index in [1.165, 1.54) is 22.6 Å². The van der Waals surface area contributed by atoms with E-state index in [0.717, 1.165) is 23.0 Å². The predicted octanol–water partition coefficient (Wildman–Crippen LogP) is 4.39. The van der Waals surface area contributed by atoms with Crippen molar-refractivity contribution in [2.75, 3.05) is 0 Å². The van der Waals surface area contributed by atoms with Crippen LogP contribution in [-0.4, -0.2) is 27.6 Å². The molecule has 0 N–H and O–H groups in total. The van der Waals surface area contributed by atoms with Crippen LogP contribution >= 0.6 is 0 Å². The highest BCUT2D eigenvalue weighted by molar-refractivity contribution is 6.07. The first-order valence-electron chi connectivity index (χ1n) is 11.8. The van der Waals surface area contributed by atoms with E-state index in [1.54, 1.807) is 6.21 Å². The van der Waals surface area contributed by atoms with E-state index in [4.69, 9.17) is 0 Å². The molecule has 0 spiro atoms. The number of hydrazone groups is 1. The largest absolute Gasteiger partial charge is 0.342 e. The predicted molar refractivity (Wildman–Crippen MR) is 126 cm³/mol. The maximum atomic E-state index is 13.2. The molecule has 3 aromatic rings. The molecule has 3 fully saturated rings. The number of benzene rings is 2. The van der Waals surface area contributed by atoms with Crippen molar-refractivity contribution in [2.24, 2.45) is 40.6 Å². The second kappa shape index (κ2) is 6.77. The second-order valence-corrected chi connectivity index (χ2v) is 10.1. The summed E-state index contributed by atoms with van der Waals surface area (Å²) in [4.78, 5) is 26.4. The Bertz CT molecular complexity index is 1330. The molecule has 1 saturated heterocycles. The molecule has 164 valence electrons. The Labute approximate surface area is 192 Å². The summed E-state index contributed by atoms with van der Waals surface area (Å²) in [6.07, 6.45) is 9.30. The zero-order valence-electron chi connectivity index (χ0n) is 18.5. The standard InChI is InChI=1S/C28H25N3O2/c1-16-6-8-17(9-7-16)14-30-15-18(19-4-2-3-5-24(19)30)13-29-31-27(32)25-20-10-11-21(23-12-22(20)23)26(25)28(31)33/h2-11,13,15,20-23,25-26H,12,14H2,1H3/b29-13-/t20-,21-,22-,23+,25+,26+/m0/s1. The van der Waals surface area contributed by atoms with Crippen LogP contribution in [0.3, 0.4) is 0 Å². The highest BCUT2D eigenvalue weighted by atomic mass is 16.2. The Balaban J connectivity index is 1.20. The number of aromatic nitrogens is 1. The fourth-order valence-electron chi connectivity index (χ4n) is 6.57. The van der Waals surface area contributed by atoms with Gasteiger partial charge in [-0.15, -0.1) is 0 Å². The van der Waals surface area contributed by atoms with E-state index in [2.05, 4.69) is 71.3 Å². The molecule has 4 aliphatic carbocycles. The third-order valence-corrected chi connectivity index (χ3v) is 8.24. The molecular formula is C28H25N3O2. The first kappa shape index (κ1) is 19.0. The van der Waals surface area contributed by atoms with Crippen molar-refractivity contribution in [1.29, 1.82) is 0 Å². The van der Waals surface area contributed by atoms with Crippen LogP contribution in [0.1, 0.15) is 23.1 Å². The summed E-state index contributed by atoms with van der Waals surface area (Å²) in [6, 6.07) is 16.7. The first-order chi connectivity index (χ1) is 16.1. The van der Waals surface area contributed by atoms with Crippen molar-refractivity contribution < 1.29 is 9.59 Å². The second-order valence-electron chi connectivity index (χ2n) is 10.1. The van der Waals surface area contributed by atoms with E-state index in [9.17, 15) is 9.59 Å². The molecule has 2 bridgehead atoms. The molecular weight excluding hydrogens is 410 g/mol. The molecule has 5 nitrogen and oxygen atoms in total. The Morgan fingerprint density at radius 1 is 0.939 bits per heavy atom. The number of para-hydroxylation sites is 1. The molecule has 1 aliphatic heterocycles. The molecule has 0 unspecified atom stereocenters. The van der Waals surface area contributed by atoms with Crippen LogP contribution < -0.4 is 0 Å². The first-order valence-corrected chi connectivity index (χ1v) is 11.8. The van der Waals surface area contributed by atoms with Gasteiger partial charge >= 0.3 is 0 Å². The van der Waals surface area contributed by atoms with Gasteiger partial charge in [0.2, 0.25) is 0 Å². The molecule has 5 heteroatoms. The minimum Gasteiger partial charge on any atom is -0.342 e. The molecule has 1 aromatic heterocycles. The van der Waals surface area contributed by atoms with Gasteiger partial charge < -0.3 is 4.57 Å². The summed E-state index contributed by atoms with van der Waals surface area (Å²) in [6.45, 7) is 2.84. The van der Waals surface area contributed by atoms with E-state index < -0.39 is 0 Å². The molecule has 6 atom stereocenters. The van der Waals surface area contributed by atoms with Gasteiger partial charge in [0, 0.05) is 29.2 Å². The van der Waals surface area contributed by atoms with Crippen LogP contribution in [-0.2, 0) is 16.1 Å². The maximum absolute atomic E-state index is 13.2.